The molecular weight excluding hydrogens is 326 g/mol. The maximum atomic E-state index is 6.64. The van der Waals surface area contributed by atoms with Crippen molar-refractivity contribution in [1.82, 2.24) is 0 Å². The third-order valence-corrected chi connectivity index (χ3v) is 6.07. The van der Waals surface area contributed by atoms with Crippen LogP contribution >= 0.6 is 0 Å². The lowest BCUT2D eigenvalue weighted by Gasteiger charge is -2.50. The first-order valence-electron chi connectivity index (χ1n) is 9.84. The van der Waals surface area contributed by atoms with E-state index < -0.39 is 0 Å². The molecule has 3 atom stereocenters. The van der Waals surface area contributed by atoms with Crippen LogP contribution < -0.4 is 9.64 Å². The summed E-state index contributed by atoms with van der Waals surface area (Å²) in [5.74, 6) is 8.18. The van der Waals surface area contributed by atoms with Crippen LogP contribution in [0.15, 0.2) is 24.3 Å². The van der Waals surface area contributed by atoms with E-state index in [0.717, 1.165) is 51.4 Å². The van der Waals surface area contributed by atoms with Gasteiger partial charge in [-0.25, -0.2) is 0 Å². The van der Waals surface area contributed by atoms with E-state index >= 15 is 0 Å². The number of hydrogen-bond acceptors (Lipinski definition) is 3. The number of quaternary nitrogens is 1. The summed E-state index contributed by atoms with van der Waals surface area (Å²) in [5, 5.41) is 0. The van der Waals surface area contributed by atoms with Crippen LogP contribution in [-0.4, -0.2) is 44.1 Å². The molecule has 3 aliphatic rings. The summed E-state index contributed by atoms with van der Waals surface area (Å²) >= 11 is 0. The van der Waals surface area contributed by atoms with Gasteiger partial charge in [0.05, 0.1) is 19.3 Å². The molecule has 0 radical (unpaired) electrons. The van der Waals surface area contributed by atoms with E-state index in [9.17, 15) is 0 Å². The van der Waals surface area contributed by atoms with Crippen LogP contribution in [0.1, 0.15) is 45.3 Å². The number of benzene rings is 1. The minimum Gasteiger partial charge on any atom is -0.487 e. The fraction of sp³-hybridized carbons (Fsp3) is 0.636. The Kier molecular flexibility index (Phi) is 4.73. The highest BCUT2D eigenvalue weighted by molar-refractivity contribution is 5.39. The highest BCUT2D eigenvalue weighted by Crippen LogP contribution is 2.52. The van der Waals surface area contributed by atoms with Crippen molar-refractivity contribution >= 4 is 0 Å². The van der Waals surface area contributed by atoms with Gasteiger partial charge in [-0.05, 0) is 45.6 Å². The number of rotatable bonds is 1. The quantitative estimate of drug-likeness (QED) is 0.781. The molecule has 0 unspecified atom stereocenters. The van der Waals surface area contributed by atoms with Crippen molar-refractivity contribution in [3.05, 3.63) is 29.8 Å². The summed E-state index contributed by atoms with van der Waals surface area (Å²) in [6, 6.07) is 8.29. The van der Waals surface area contributed by atoms with E-state index in [1.807, 2.05) is 6.07 Å². The molecule has 3 heterocycles. The monoisotopic (exact) mass is 356 g/mol. The zero-order chi connectivity index (χ0) is 18.2. The Balaban J connectivity index is 1.52. The molecule has 1 N–H and O–H groups in total. The first-order chi connectivity index (χ1) is 12.5. The molecule has 2 saturated heterocycles. The Hall–Kier alpha value is -1.54. The van der Waals surface area contributed by atoms with Crippen molar-refractivity contribution in [2.45, 2.75) is 50.9 Å². The average molecular weight is 356 g/mol. The van der Waals surface area contributed by atoms with Gasteiger partial charge < -0.3 is 19.1 Å². The van der Waals surface area contributed by atoms with Gasteiger partial charge in [0.15, 0.2) is 0 Å². The van der Waals surface area contributed by atoms with Gasteiger partial charge in [-0.15, -0.1) is 0 Å². The Bertz CT molecular complexity index is 714. The second-order valence-corrected chi connectivity index (χ2v) is 8.50. The van der Waals surface area contributed by atoms with Gasteiger partial charge in [-0.1, -0.05) is 24.1 Å². The van der Waals surface area contributed by atoms with Gasteiger partial charge in [-0.3, -0.25) is 0 Å². The van der Waals surface area contributed by atoms with Gasteiger partial charge in [0.2, 0.25) is 0 Å². The molecule has 4 heteroatoms. The second-order valence-electron chi connectivity index (χ2n) is 8.50. The maximum Gasteiger partial charge on any atom is 0.139 e. The fourth-order valence-corrected chi connectivity index (χ4v) is 4.45. The number of para-hydroxylation sites is 1. The predicted molar refractivity (Wildman–Crippen MR) is 100 cm³/mol. The molecule has 0 aromatic heterocycles. The van der Waals surface area contributed by atoms with Crippen molar-refractivity contribution in [3.63, 3.8) is 0 Å². The Morgan fingerprint density at radius 1 is 1.15 bits per heavy atom. The standard InChI is InChI=1S/C22H29NO3/c1-21(2)18-9-11-22(3,10-6-12-23-13-15-24-16-14-23)26-20(18)17-7-4-5-8-19(17)25-21/h4-5,7-8,18,20H,9,11-16H2,1-3H3/p+1/t18-,20-,22-/m0/s1. The van der Waals surface area contributed by atoms with Crippen LogP contribution in [0.3, 0.4) is 0 Å². The van der Waals surface area contributed by atoms with Gasteiger partial charge in [0.25, 0.3) is 0 Å². The molecule has 0 bridgehead atoms. The zero-order valence-electron chi connectivity index (χ0n) is 16.1. The Morgan fingerprint density at radius 3 is 2.73 bits per heavy atom. The van der Waals surface area contributed by atoms with Crippen LogP contribution in [0.4, 0.5) is 0 Å². The second kappa shape index (κ2) is 6.88. The molecule has 0 saturated carbocycles. The molecule has 1 aromatic rings. The van der Waals surface area contributed by atoms with Gasteiger partial charge >= 0.3 is 0 Å². The Labute approximate surface area is 156 Å². The number of hydrogen-bond donors (Lipinski definition) is 1. The molecule has 0 aliphatic carbocycles. The summed E-state index contributed by atoms with van der Waals surface area (Å²) in [6.07, 6.45) is 2.08. The van der Waals surface area contributed by atoms with E-state index in [2.05, 4.69) is 50.8 Å². The lowest BCUT2D eigenvalue weighted by molar-refractivity contribution is -0.900. The molecule has 26 heavy (non-hydrogen) atoms. The lowest BCUT2D eigenvalue weighted by atomic mass is 9.73. The molecule has 1 aromatic carbocycles. The van der Waals surface area contributed by atoms with E-state index in [1.165, 1.54) is 10.5 Å². The molecule has 0 amide bonds. The molecule has 4 rings (SSSR count). The molecule has 3 aliphatic heterocycles. The van der Waals surface area contributed by atoms with Crippen molar-refractivity contribution in [2.24, 2.45) is 5.92 Å². The third kappa shape index (κ3) is 3.49. The fourth-order valence-electron chi connectivity index (χ4n) is 4.45. The van der Waals surface area contributed by atoms with Crippen LogP contribution in [0, 0.1) is 17.8 Å². The molecule has 2 fully saturated rings. The van der Waals surface area contributed by atoms with Crippen molar-refractivity contribution in [1.29, 1.82) is 0 Å². The molecule has 140 valence electrons. The number of fused-ring (bicyclic) bond motifs is 3. The predicted octanol–water partition coefficient (Wildman–Crippen LogP) is 2.00. The van der Waals surface area contributed by atoms with Crippen LogP contribution in [0.5, 0.6) is 5.75 Å². The average Bonchev–Trinajstić information content (AvgIpc) is 2.62. The molecule has 0 spiro atoms. The van der Waals surface area contributed by atoms with Crippen LogP contribution in [-0.2, 0) is 9.47 Å². The summed E-state index contributed by atoms with van der Waals surface area (Å²) in [6.45, 7) is 11.2. The lowest BCUT2D eigenvalue weighted by Crippen LogP contribution is -3.14. The summed E-state index contributed by atoms with van der Waals surface area (Å²) in [7, 11) is 0. The highest BCUT2D eigenvalue weighted by Gasteiger charge is 2.49. The summed E-state index contributed by atoms with van der Waals surface area (Å²) in [4.78, 5) is 1.51. The Morgan fingerprint density at radius 2 is 1.92 bits per heavy atom. The van der Waals surface area contributed by atoms with Gasteiger partial charge in [-0.2, -0.15) is 0 Å². The smallest absolute Gasteiger partial charge is 0.139 e. The minimum absolute atomic E-state index is 0.0544. The number of nitrogens with one attached hydrogen (secondary N) is 1. The minimum atomic E-state index is -0.382. The first-order valence-corrected chi connectivity index (χ1v) is 9.84. The number of morpholine rings is 1. The van der Waals surface area contributed by atoms with Gasteiger partial charge in [0.1, 0.15) is 36.6 Å². The topological polar surface area (TPSA) is 32.1 Å². The summed E-state index contributed by atoms with van der Waals surface area (Å²) in [5.41, 5.74) is 0.572. The van der Waals surface area contributed by atoms with Crippen molar-refractivity contribution in [2.75, 3.05) is 32.8 Å². The van der Waals surface area contributed by atoms with Gasteiger partial charge in [0, 0.05) is 11.5 Å². The maximum absolute atomic E-state index is 6.64. The largest absolute Gasteiger partial charge is 0.487 e. The van der Waals surface area contributed by atoms with E-state index in [-0.39, 0.29) is 17.3 Å². The van der Waals surface area contributed by atoms with Crippen molar-refractivity contribution in [3.8, 4) is 17.6 Å². The highest BCUT2D eigenvalue weighted by atomic mass is 16.5. The molecular formula is C22H30NO3+. The normalized spacial score (nSPS) is 33.2. The summed E-state index contributed by atoms with van der Waals surface area (Å²) < 4.78 is 18.4. The van der Waals surface area contributed by atoms with E-state index in [0.29, 0.717) is 5.92 Å². The first kappa shape index (κ1) is 17.9. The molecule has 4 nitrogen and oxygen atoms in total. The SMILES string of the molecule is CC1(C)Oc2ccccc2[C@@H]2O[C@@](C)(C#CC[NH+]3CCOCC3)CC[C@@H]21. The van der Waals surface area contributed by atoms with Crippen molar-refractivity contribution < 1.29 is 19.1 Å². The van der Waals surface area contributed by atoms with Crippen LogP contribution in [0.2, 0.25) is 0 Å². The van der Waals surface area contributed by atoms with E-state index in [4.69, 9.17) is 14.2 Å². The zero-order valence-corrected chi connectivity index (χ0v) is 16.1. The van der Waals surface area contributed by atoms with E-state index in [1.54, 1.807) is 0 Å². The van der Waals surface area contributed by atoms with Crippen LogP contribution in [0.25, 0.3) is 0 Å². The third-order valence-electron chi connectivity index (χ3n) is 6.07. The number of ether oxygens (including phenoxy) is 3.